The fourth-order valence-corrected chi connectivity index (χ4v) is 6.31. The number of aliphatic hydroxyl groups is 1. The van der Waals surface area contributed by atoms with E-state index in [0.29, 0.717) is 46.0 Å². The maximum atomic E-state index is 13.5. The van der Waals surface area contributed by atoms with Crippen molar-refractivity contribution in [1.82, 2.24) is 4.98 Å². The van der Waals surface area contributed by atoms with E-state index in [9.17, 15) is 14.7 Å². The first-order valence-corrected chi connectivity index (χ1v) is 13.3. The number of thiazole rings is 1. The average Bonchev–Trinajstić information content (AvgIpc) is 3.43. The Balaban J connectivity index is 1.56. The molecule has 1 fully saturated rings. The predicted octanol–water partition coefficient (Wildman–Crippen LogP) is 6.62. The van der Waals surface area contributed by atoms with Gasteiger partial charge in [-0.2, -0.15) is 0 Å². The molecule has 1 unspecified atom stereocenters. The number of Topliss-reactive ketones (excluding diaryl/α,β-unsaturated/α-hetero) is 1. The predicted molar refractivity (Wildman–Crippen MR) is 148 cm³/mol. The number of rotatable bonds is 3. The molecule has 192 valence electrons. The van der Waals surface area contributed by atoms with Gasteiger partial charge in [0.05, 0.1) is 31.9 Å². The van der Waals surface area contributed by atoms with Crippen molar-refractivity contribution in [1.29, 1.82) is 0 Å². The highest BCUT2D eigenvalue weighted by Gasteiger charge is 2.48. The summed E-state index contributed by atoms with van der Waals surface area (Å²) in [5.74, 6) is -0.992. The molecule has 1 saturated heterocycles. The van der Waals surface area contributed by atoms with Crippen molar-refractivity contribution in [3.63, 3.8) is 0 Å². The monoisotopic (exact) mass is 566 g/mol. The molecular weight excluding hydrogens is 547 g/mol. The van der Waals surface area contributed by atoms with Gasteiger partial charge in [-0.15, -0.1) is 0 Å². The third-order valence-corrected chi connectivity index (χ3v) is 8.28. The molecule has 3 heterocycles. The number of hydrogen-bond donors (Lipinski definition) is 1. The summed E-state index contributed by atoms with van der Waals surface area (Å²) in [6.07, 6.45) is 0. The van der Waals surface area contributed by atoms with Crippen LogP contribution in [-0.4, -0.2) is 35.0 Å². The summed E-state index contributed by atoms with van der Waals surface area (Å²) in [6.45, 7) is 4.72. The van der Waals surface area contributed by atoms with Crippen molar-refractivity contribution in [3.05, 3.63) is 86.4 Å². The van der Waals surface area contributed by atoms with Crippen LogP contribution in [0.2, 0.25) is 10.0 Å². The Kier molecular flexibility index (Phi) is 6.06. The summed E-state index contributed by atoms with van der Waals surface area (Å²) < 4.78 is 12.1. The van der Waals surface area contributed by atoms with E-state index < -0.39 is 17.7 Å². The zero-order valence-electron chi connectivity index (χ0n) is 20.2. The molecule has 6 rings (SSSR count). The number of nitrogens with zero attached hydrogens (tertiary/aromatic N) is 2. The van der Waals surface area contributed by atoms with Crippen LogP contribution in [0.5, 0.6) is 11.5 Å². The van der Waals surface area contributed by atoms with Crippen LogP contribution < -0.4 is 14.4 Å². The molecule has 7 nitrogen and oxygen atoms in total. The fraction of sp³-hybridized carbons (Fsp3) is 0.179. The summed E-state index contributed by atoms with van der Waals surface area (Å²) >= 11 is 13.8. The minimum atomic E-state index is -0.986. The minimum Gasteiger partial charge on any atom is -0.507 e. The number of fused-ring (bicyclic) bond motifs is 2. The molecule has 3 aromatic carbocycles. The number of carbonyl (C=O) groups is 2. The Hall–Kier alpha value is -3.59. The normalized spacial score (nSPS) is 18.4. The molecular formula is C28H20Cl2N2O5S. The van der Waals surface area contributed by atoms with Crippen LogP contribution in [0.1, 0.15) is 28.3 Å². The van der Waals surface area contributed by atoms with Gasteiger partial charge in [-0.05, 0) is 66.9 Å². The number of ketones is 1. The number of halogens is 2. The Morgan fingerprint density at radius 2 is 1.76 bits per heavy atom. The van der Waals surface area contributed by atoms with Gasteiger partial charge in [-0.1, -0.05) is 46.7 Å². The second kappa shape index (κ2) is 9.31. The van der Waals surface area contributed by atoms with Gasteiger partial charge >= 0.3 is 5.91 Å². The lowest BCUT2D eigenvalue weighted by molar-refractivity contribution is -0.132. The molecule has 0 aliphatic carbocycles. The molecule has 1 amide bonds. The highest BCUT2D eigenvalue weighted by atomic mass is 35.5. The topological polar surface area (TPSA) is 89.0 Å². The molecule has 4 aromatic rings. The van der Waals surface area contributed by atoms with Gasteiger partial charge in [-0.3, -0.25) is 14.5 Å². The number of carbonyl (C=O) groups excluding carboxylic acids is 2. The first-order chi connectivity index (χ1) is 18.2. The summed E-state index contributed by atoms with van der Waals surface area (Å²) in [7, 11) is 0. The Morgan fingerprint density at radius 3 is 2.53 bits per heavy atom. The molecule has 2 aliphatic rings. The maximum Gasteiger partial charge on any atom is 0.301 e. The molecule has 0 spiro atoms. The lowest BCUT2D eigenvalue weighted by Crippen LogP contribution is -2.29. The van der Waals surface area contributed by atoms with E-state index in [1.807, 2.05) is 26.0 Å². The van der Waals surface area contributed by atoms with Gasteiger partial charge in [0, 0.05) is 5.56 Å². The van der Waals surface area contributed by atoms with Crippen LogP contribution in [0.3, 0.4) is 0 Å². The van der Waals surface area contributed by atoms with Gasteiger partial charge in [0.2, 0.25) is 0 Å². The zero-order chi connectivity index (χ0) is 26.7. The third-order valence-electron chi connectivity index (χ3n) is 6.54. The summed E-state index contributed by atoms with van der Waals surface area (Å²) in [6, 6.07) is 12.7. The van der Waals surface area contributed by atoms with Crippen LogP contribution >= 0.6 is 34.5 Å². The van der Waals surface area contributed by atoms with E-state index in [2.05, 4.69) is 0 Å². The van der Waals surface area contributed by atoms with Crippen LogP contribution in [-0.2, 0) is 9.59 Å². The lowest BCUT2D eigenvalue weighted by atomic mass is 9.95. The van der Waals surface area contributed by atoms with E-state index in [-0.39, 0.29) is 16.4 Å². The molecule has 0 bridgehead atoms. The van der Waals surface area contributed by atoms with E-state index in [4.69, 9.17) is 37.7 Å². The van der Waals surface area contributed by atoms with Crippen molar-refractivity contribution >= 4 is 67.3 Å². The van der Waals surface area contributed by atoms with Crippen molar-refractivity contribution in [2.24, 2.45) is 0 Å². The van der Waals surface area contributed by atoms with Crippen molar-refractivity contribution in [3.8, 4) is 11.5 Å². The quantitative estimate of drug-likeness (QED) is 0.170. The summed E-state index contributed by atoms with van der Waals surface area (Å²) in [5, 5.41) is 12.4. The van der Waals surface area contributed by atoms with E-state index in [1.165, 1.54) is 16.2 Å². The van der Waals surface area contributed by atoms with Crippen LogP contribution in [0, 0.1) is 13.8 Å². The Morgan fingerprint density at radius 1 is 1.00 bits per heavy atom. The summed E-state index contributed by atoms with van der Waals surface area (Å²) in [4.78, 5) is 33.1. The standard InChI is InChI=1S/C28H20Cl2N2O5S/c1-13-9-14(2)23-21(10-13)38-28(31-23)32-24(15-3-5-17(29)18(30)11-15)22(26(34)27(32)35)25(33)16-4-6-19-20(12-16)37-8-7-36-19/h3-6,9-12,24,33H,7-8H2,1-2H3/b25-22+. The molecule has 38 heavy (non-hydrogen) atoms. The number of anilines is 1. The van der Waals surface area contributed by atoms with Gasteiger partial charge in [0.25, 0.3) is 5.78 Å². The largest absolute Gasteiger partial charge is 0.507 e. The number of aromatic nitrogens is 1. The van der Waals surface area contributed by atoms with Crippen LogP contribution in [0.25, 0.3) is 16.0 Å². The number of benzene rings is 3. The first kappa shape index (κ1) is 24.7. The van der Waals surface area contributed by atoms with Gasteiger partial charge < -0.3 is 14.6 Å². The number of aliphatic hydroxyl groups excluding tert-OH is 1. The van der Waals surface area contributed by atoms with Crippen molar-refractivity contribution < 1.29 is 24.2 Å². The minimum absolute atomic E-state index is 0.0859. The SMILES string of the molecule is Cc1cc(C)c2nc(N3C(=O)C(=O)/C(=C(/O)c4ccc5c(c4)OCCO5)C3c3ccc(Cl)c(Cl)c3)sc2c1. The number of hydrogen-bond acceptors (Lipinski definition) is 7. The smallest absolute Gasteiger partial charge is 0.301 e. The Bertz CT molecular complexity index is 1700. The van der Waals surface area contributed by atoms with Gasteiger partial charge in [0.15, 0.2) is 16.6 Å². The third kappa shape index (κ3) is 4.00. The van der Waals surface area contributed by atoms with Crippen LogP contribution in [0.4, 0.5) is 5.13 Å². The number of amides is 1. The fourth-order valence-electron chi connectivity index (χ4n) is 4.84. The molecule has 0 saturated carbocycles. The Labute approximate surface area is 231 Å². The highest BCUT2D eigenvalue weighted by molar-refractivity contribution is 7.22. The van der Waals surface area contributed by atoms with E-state index in [1.54, 1.807) is 36.4 Å². The molecule has 10 heteroatoms. The van der Waals surface area contributed by atoms with E-state index >= 15 is 0 Å². The second-order valence-electron chi connectivity index (χ2n) is 9.13. The average molecular weight is 567 g/mol. The second-order valence-corrected chi connectivity index (χ2v) is 10.9. The van der Waals surface area contributed by atoms with Crippen molar-refractivity contribution in [2.45, 2.75) is 19.9 Å². The molecule has 1 N–H and O–H groups in total. The first-order valence-electron chi connectivity index (χ1n) is 11.8. The lowest BCUT2D eigenvalue weighted by Gasteiger charge is -2.23. The highest BCUT2D eigenvalue weighted by Crippen LogP contribution is 2.46. The van der Waals surface area contributed by atoms with E-state index in [0.717, 1.165) is 21.3 Å². The maximum absolute atomic E-state index is 13.5. The molecule has 1 aromatic heterocycles. The molecule has 1 atom stereocenters. The number of ether oxygens (including phenoxy) is 2. The van der Waals surface area contributed by atoms with Crippen molar-refractivity contribution in [2.75, 3.05) is 18.1 Å². The molecule has 0 radical (unpaired) electrons. The van der Waals surface area contributed by atoms with Gasteiger partial charge in [0.1, 0.15) is 19.0 Å². The van der Waals surface area contributed by atoms with Gasteiger partial charge in [-0.25, -0.2) is 4.98 Å². The summed E-state index contributed by atoms with van der Waals surface area (Å²) in [5.41, 5.74) is 3.50. The number of aryl methyl sites for hydroxylation is 2. The molecule has 2 aliphatic heterocycles. The zero-order valence-corrected chi connectivity index (χ0v) is 22.6. The van der Waals surface area contributed by atoms with Crippen LogP contribution in [0.15, 0.2) is 54.1 Å².